The summed E-state index contributed by atoms with van der Waals surface area (Å²) in [6, 6.07) is 10.2. The van der Waals surface area contributed by atoms with Crippen LogP contribution in [-0.4, -0.2) is 22.0 Å². The van der Waals surface area contributed by atoms with Gasteiger partial charge in [0.25, 0.3) is 0 Å². The maximum absolute atomic E-state index is 12.5. The van der Waals surface area contributed by atoms with Crippen molar-refractivity contribution in [2.24, 2.45) is 11.1 Å². The van der Waals surface area contributed by atoms with Crippen LogP contribution >= 0.6 is 0 Å². The van der Waals surface area contributed by atoms with Crippen LogP contribution in [0, 0.1) is 5.41 Å². The number of hydrogen-bond donors (Lipinski definition) is 2. The Kier molecular flexibility index (Phi) is 5.30. The number of aromatic nitrogens is 2. The predicted molar refractivity (Wildman–Crippen MR) is 95.6 cm³/mol. The van der Waals surface area contributed by atoms with Gasteiger partial charge in [-0.1, -0.05) is 49.6 Å². The maximum atomic E-state index is 12.5. The molecule has 1 aliphatic carbocycles. The Bertz CT molecular complexity index is 659. The zero-order chi connectivity index (χ0) is 16.8. The lowest BCUT2D eigenvalue weighted by Gasteiger charge is -2.35. The van der Waals surface area contributed by atoms with E-state index in [0.29, 0.717) is 25.5 Å². The van der Waals surface area contributed by atoms with E-state index in [4.69, 9.17) is 5.73 Å². The number of hydrogen-bond acceptors (Lipinski definition) is 3. The first-order chi connectivity index (χ1) is 11.7. The third-order valence-electron chi connectivity index (χ3n) is 5.05. The lowest BCUT2D eigenvalue weighted by atomic mass is 9.72. The summed E-state index contributed by atoms with van der Waals surface area (Å²) in [5.41, 5.74) is 7.14. The number of anilines is 1. The highest BCUT2D eigenvalue weighted by Gasteiger charge is 2.33. The lowest BCUT2D eigenvalue weighted by molar-refractivity contribution is -0.118. The van der Waals surface area contributed by atoms with Crippen molar-refractivity contribution in [3.63, 3.8) is 0 Å². The summed E-state index contributed by atoms with van der Waals surface area (Å²) in [7, 11) is 0. The molecule has 0 saturated heterocycles. The summed E-state index contributed by atoms with van der Waals surface area (Å²) >= 11 is 0. The van der Waals surface area contributed by atoms with Gasteiger partial charge in [-0.2, -0.15) is 0 Å². The van der Waals surface area contributed by atoms with Gasteiger partial charge in [0.15, 0.2) is 0 Å². The van der Waals surface area contributed by atoms with Crippen molar-refractivity contribution in [3.8, 4) is 0 Å². The molecule has 5 heteroatoms. The van der Waals surface area contributed by atoms with Gasteiger partial charge in [0, 0.05) is 18.8 Å². The lowest BCUT2D eigenvalue weighted by Crippen LogP contribution is -2.36. The minimum Gasteiger partial charge on any atom is -0.330 e. The monoisotopic (exact) mass is 326 g/mol. The molecule has 0 radical (unpaired) electrons. The van der Waals surface area contributed by atoms with Crippen molar-refractivity contribution in [1.82, 2.24) is 9.55 Å². The number of carbonyl (C=O) groups is 1. The maximum Gasteiger partial charge on any atom is 0.227 e. The Balaban J connectivity index is 1.64. The Labute approximate surface area is 143 Å². The van der Waals surface area contributed by atoms with Crippen LogP contribution in [0.3, 0.4) is 0 Å². The fourth-order valence-corrected chi connectivity index (χ4v) is 3.61. The molecule has 2 aromatic rings. The van der Waals surface area contributed by atoms with Gasteiger partial charge in [0.2, 0.25) is 11.9 Å². The van der Waals surface area contributed by atoms with E-state index in [0.717, 1.165) is 12.8 Å². The van der Waals surface area contributed by atoms with Crippen LogP contribution in [0.1, 0.15) is 44.1 Å². The van der Waals surface area contributed by atoms with Crippen LogP contribution in [0.15, 0.2) is 42.7 Å². The molecule has 0 atom stereocenters. The zero-order valence-corrected chi connectivity index (χ0v) is 14.1. The molecule has 0 spiro atoms. The van der Waals surface area contributed by atoms with Gasteiger partial charge in [-0.05, 0) is 30.4 Å². The molecule has 5 nitrogen and oxygen atoms in total. The molecular formula is C19H26N4O. The summed E-state index contributed by atoms with van der Waals surface area (Å²) < 4.78 is 1.96. The van der Waals surface area contributed by atoms with Crippen molar-refractivity contribution < 1.29 is 4.79 Å². The first-order valence-electron chi connectivity index (χ1n) is 8.76. The highest BCUT2D eigenvalue weighted by molar-refractivity contribution is 5.89. The number of amides is 1. The number of nitrogens with two attached hydrogens (primary N) is 1. The Morgan fingerprint density at radius 2 is 1.96 bits per heavy atom. The molecule has 1 amide bonds. The van der Waals surface area contributed by atoms with Crippen molar-refractivity contribution in [2.75, 3.05) is 11.9 Å². The standard InChI is InChI=1S/C19H26N4O/c20-15-19(9-5-2-6-10-19)13-17(24)22-18-21-11-12-23(18)14-16-7-3-1-4-8-16/h1,3-4,7-8,11-12H,2,5-6,9-10,13-15,20H2,(H,21,22,24). The van der Waals surface area contributed by atoms with Crippen LogP contribution in [0.4, 0.5) is 5.95 Å². The average molecular weight is 326 g/mol. The summed E-state index contributed by atoms with van der Waals surface area (Å²) in [5.74, 6) is 0.620. The molecule has 128 valence electrons. The molecule has 1 saturated carbocycles. The molecule has 1 heterocycles. The fourth-order valence-electron chi connectivity index (χ4n) is 3.61. The van der Waals surface area contributed by atoms with E-state index in [-0.39, 0.29) is 11.3 Å². The topological polar surface area (TPSA) is 72.9 Å². The SMILES string of the molecule is NCC1(CC(=O)Nc2nccn2Cc2ccccc2)CCCCC1. The van der Waals surface area contributed by atoms with Crippen molar-refractivity contribution >= 4 is 11.9 Å². The molecule has 1 fully saturated rings. The van der Waals surface area contributed by atoms with Crippen LogP contribution in [0.2, 0.25) is 0 Å². The number of nitrogens with zero attached hydrogens (tertiary/aromatic N) is 2. The minimum atomic E-state index is -0.0286. The van der Waals surface area contributed by atoms with E-state index in [1.54, 1.807) is 6.20 Å². The first-order valence-corrected chi connectivity index (χ1v) is 8.76. The van der Waals surface area contributed by atoms with Gasteiger partial charge in [0.05, 0.1) is 6.54 Å². The molecule has 3 N–H and O–H groups in total. The zero-order valence-electron chi connectivity index (χ0n) is 14.1. The van der Waals surface area contributed by atoms with Gasteiger partial charge >= 0.3 is 0 Å². The Hall–Kier alpha value is -2.14. The van der Waals surface area contributed by atoms with Crippen molar-refractivity contribution in [1.29, 1.82) is 0 Å². The summed E-state index contributed by atoms with van der Waals surface area (Å²) in [6.45, 7) is 1.28. The third-order valence-corrected chi connectivity index (χ3v) is 5.05. The van der Waals surface area contributed by atoms with E-state index in [1.807, 2.05) is 29.0 Å². The summed E-state index contributed by atoms with van der Waals surface area (Å²) in [6.07, 6.45) is 9.80. The molecular weight excluding hydrogens is 300 g/mol. The number of imidazole rings is 1. The fraction of sp³-hybridized carbons (Fsp3) is 0.474. The molecule has 1 aromatic heterocycles. The normalized spacial score (nSPS) is 16.7. The highest BCUT2D eigenvalue weighted by atomic mass is 16.1. The number of carbonyl (C=O) groups excluding carboxylic acids is 1. The van der Waals surface area contributed by atoms with E-state index in [2.05, 4.69) is 22.4 Å². The summed E-state index contributed by atoms with van der Waals surface area (Å²) in [4.78, 5) is 16.8. The van der Waals surface area contributed by atoms with Gasteiger partial charge < -0.3 is 10.3 Å². The third kappa shape index (κ3) is 4.03. The molecule has 1 aliphatic rings. The first kappa shape index (κ1) is 16.7. The van der Waals surface area contributed by atoms with Gasteiger partial charge in [0.1, 0.15) is 0 Å². The molecule has 0 unspecified atom stereocenters. The number of rotatable bonds is 6. The van der Waals surface area contributed by atoms with E-state index in [9.17, 15) is 4.79 Å². The quantitative estimate of drug-likeness (QED) is 0.856. The van der Waals surface area contributed by atoms with Crippen LogP contribution < -0.4 is 11.1 Å². The van der Waals surface area contributed by atoms with Crippen molar-refractivity contribution in [3.05, 3.63) is 48.3 Å². The van der Waals surface area contributed by atoms with E-state index < -0.39 is 0 Å². The smallest absolute Gasteiger partial charge is 0.227 e. The van der Waals surface area contributed by atoms with Crippen molar-refractivity contribution in [2.45, 2.75) is 45.1 Å². The molecule has 0 bridgehead atoms. The van der Waals surface area contributed by atoms with Gasteiger partial charge in [-0.25, -0.2) is 4.98 Å². The molecule has 0 aliphatic heterocycles. The molecule has 3 rings (SSSR count). The van der Waals surface area contributed by atoms with Crippen LogP contribution in [-0.2, 0) is 11.3 Å². The predicted octanol–water partition coefficient (Wildman–Crippen LogP) is 3.17. The number of nitrogens with one attached hydrogen (secondary N) is 1. The Morgan fingerprint density at radius 1 is 1.21 bits per heavy atom. The molecule has 1 aromatic carbocycles. The largest absolute Gasteiger partial charge is 0.330 e. The highest BCUT2D eigenvalue weighted by Crippen LogP contribution is 2.38. The number of benzene rings is 1. The second-order valence-corrected chi connectivity index (χ2v) is 6.85. The second-order valence-electron chi connectivity index (χ2n) is 6.85. The van der Waals surface area contributed by atoms with Crippen LogP contribution in [0.25, 0.3) is 0 Å². The second kappa shape index (κ2) is 7.62. The van der Waals surface area contributed by atoms with Gasteiger partial charge in [-0.3, -0.25) is 10.1 Å². The molecule has 24 heavy (non-hydrogen) atoms. The minimum absolute atomic E-state index is 0.0165. The van der Waals surface area contributed by atoms with E-state index >= 15 is 0 Å². The van der Waals surface area contributed by atoms with Gasteiger partial charge in [-0.15, -0.1) is 0 Å². The Morgan fingerprint density at radius 3 is 2.67 bits per heavy atom. The van der Waals surface area contributed by atoms with E-state index in [1.165, 1.54) is 24.8 Å². The average Bonchev–Trinajstić information content (AvgIpc) is 3.03. The van der Waals surface area contributed by atoms with Crippen LogP contribution in [0.5, 0.6) is 0 Å². The summed E-state index contributed by atoms with van der Waals surface area (Å²) in [5, 5.41) is 2.97.